The van der Waals surface area contributed by atoms with Gasteiger partial charge in [-0.05, 0) is 58.6 Å². The Morgan fingerprint density at radius 3 is 1.19 bits per heavy atom. The smallest absolute Gasteiger partial charge is 0.252 e. The molecule has 0 aliphatic carbocycles. The molecule has 2 nitrogen and oxygen atoms in total. The largest absolute Gasteiger partial charge is 0.276 e. The quantitative estimate of drug-likeness (QED) is 0.577. The number of rotatable bonds is 4. The SMILES string of the molecule is Cl.O=C(Cl)c1ccc(C=Cc2ccc(C(=O)Cl)cc2)cc1. The minimum absolute atomic E-state index is 0. The number of carbonyl (C=O) groups is 2. The van der Waals surface area contributed by atoms with Crippen molar-refractivity contribution < 1.29 is 9.59 Å². The van der Waals surface area contributed by atoms with Crippen LogP contribution >= 0.6 is 35.6 Å². The third kappa shape index (κ3) is 5.01. The van der Waals surface area contributed by atoms with Gasteiger partial charge in [-0.3, -0.25) is 9.59 Å². The van der Waals surface area contributed by atoms with Gasteiger partial charge in [0, 0.05) is 11.1 Å². The lowest BCUT2D eigenvalue weighted by Gasteiger charge is -1.97. The van der Waals surface area contributed by atoms with Crippen molar-refractivity contribution in [2.45, 2.75) is 0 Å². The maximum atomic E-state index is 10.9. The molecule has 0 unspecified atom stereocenters. The van der Waals surface area contributed by atoms with Gasteiger partial charge in [-0.2, -0.15) is 0 Å². The molecule has 2 rings (SSSR count). The normalized spacial score (nSPS) is 10.2. The second-order valence-corrected chi connectivity index (χ2v) is 4.81. The van der Waals surface area contributed by atoms with Gasteiger partial charge < -0.3 is 0 Å². The zero-order valence-electron chi connectivity index (χ0n) is 10.8. The topological polar surface area (TPSA) is 34.1 Å². The first-order valence-electron chi connectivity index (χ1n) is 5.84. The van der Waals surface area contributed by atoms with E-state index in [9.17, 15) is 9.59 Å². The van der Waals surface area contributed by atoms with Crippen LogP contribution in [-0.4, -0.2) is 10.5 Å². The maximum Gasteiger partial charge on any atom is 0.252 e. The number of hydrogen-bond acceptors (Lipinski definition) is 2. The fraction of sp³-hybridized carbons (Fsp3) is 0. The van der Waals surface area contributed by atoms with Crippen molar-refractivity contribution in [2.24, 2.45) is 0 Å². The van der Waals surface area contributed by atoms with E-state index in [4.69, 9.17) is 23.2 Å². The molecule has 0 spiro atoms. The van der Waals surface area contributed by atoms with Crippen LogP contribution in [-0.2, 0) is 0 Å². The molecule has 0 heterocycles. The molecule has 2 aromatic rings. The van der Waals surface area contributed by atoms with Gasteiger partial charge in [0.05, 0.1) is 0 Å². The number of carbonyl (C=O) groups excluding carboxylic acids is 2. The maximum absolute atomic E-state index is 10.9. The van der Waals surface area contributed by atoms with Crippen LogP contribution in [0, 0.1) is 0 Å². The molecule has 0 aliphatic rings. The van der Waals surface area contributed by atoms with Crippen LogP contribution in [0.2, 0.25) is 0 Å². The summed E-state index contributed by atoms with van der Waals surface area (Å²) in [4.78, 5) is 21.9. The molecular formula is C16H11Cl3O2. The average molecular weight is 342 g/mol. The van der Waals surface area contributed by atoms with Crippen molar-refractivity contribution in [2.75, 3.05) is 0 Å². The van der Waals surface area contributed by atoms with Gasteiger partial charge in [0.15, 0.2) is 0 Å². The molecule has 0 aliphatic heterocycles. The highest BCUT2D eigenvalue weighted by molar-refractivity contribution is 6.68. The Hall–Kier alpha value is -1.61. The molecule has 21 heavy (non-hydrogen) atoms. The summed E-state index contributed by atoms with van der Waals surface area (Å²) >= 11 is 10.7. The Balaban J connectivity index is 0.00000220. The number of benzene rings is 2. The van der Waals surface area contributed by atoms with E-state index >= 15 is 0 Å². The summed E-state index contributed by atoms with van der Waals surface area (Å²) in [5, 5.41) is -0.941. The molecular weight excluding hydrogens is 331 g/mol. The first-order valence-corrected chi connectivity index (χ1v) is 6.60. The first kappa shape index (κ1) is 17.4. The second kappa shape index (κ2) is 7.99. The van der Waals surface area contributed by atoms with E-state index in [2.05, 4.69) is 0 Å². The van der Waals surface area contributed by atoms with Crippen LogP contribution in [0.5, 0.6) is 0 Å². The predicted octanol–water partition coefficient (Wildman–Crippen LogP) is 5.04. The third-order valence-electron chi connectivity index (χ3n) is 2.74. The molecule has 0 aromatic heterocycles. The Labute approximate surface area is 138 Å². The molecule has 0 N–H and O–H groups in total. The monoisotopic (exact) mass is 340 g/mol. The Kier molecular flexibility index (Phi) is 6.63. The highest BCUT2D eigenvalue weighted by atomic mass is 35.5. The van der Waals surface area contributed by atoms with Crippen LogP contribution in [0.25, 0.3) is 12.2 Å². The average Bonchev–Trinajstić information content (AvgIpc) is 2.46. The Morgan fingerprint density at radius 1 is 0.667 bits per heavy atom. The molecule has 2 aromatic carbocycles. The highest BCUT2D eigenvalue weighted by Gasteiger charge is 2.00. The van der Waals surface area contributed by atoms with Gasteiger partial charge >= 0.3 is 0 Å². The minimum Gasteiger partial charge on any atom is -0.276 e. The van der Waals surface area contributed by atoms with Crippen LogP contribution in [0.4, 0.5) is 0 Å². The van der Waals surface area contributed by atoms with E-state index in [0.29, 0.717) is 11.1 Å². The van der Waals surface area contributed by atoms with E-state index < -0.39 is 10.5 Å². The summed E-state index contributed by atoms with van der Waals surface area (Å²) in [5.74, 6) is 0. The number of halogens is 3. The van der Waals surface area contributed by atoms with Crippen LogP contribution in [0.3, 0.4) is 0 Å². The summed E-state index contributed by atoms with van der Waals surface area (Å²) in [5.41, 5.74) is 2.83. The summed E-state index contributed by atoms with van der Waals surface area (Å²) < 4.78 is 0. The summed E-state index contributed by atoms with van der Waals surface area (Å²) in [7, 11) is 0. The van der Waals surface area contributed by atoms with Gasteiger partial charge in [0.1, 0.15) is 0 Å². The molecule has 0 saturated carbocycles. The van der Waals surface area contributed by atoms with Gasteiger partial charge in [-0.15, -0.1) is 12.4 Å². The van der Waals surface area contributed by atoms with Crippen molar-refractivity contribution >= 4 is 58.2 Å². The van der Waals surface area contributed by atoms with Crippen molar-refractivity contribution in [1.82, 2.24) is 0 Å². The summed E-state index contributed by atoms with van der Waals surface area (Å²) in [6.07, 6.45) is 3.81. The molecule has 0 atom stereocenters. The Morgan fingerprint density at radius 2 is 0.952 bits per heavy atom. The van der Waals surface area contributed by atoms with Crippen molar-refractivity contribution in [3.05, 3.63) is 70.8 Å². The molecule has 5 heteroatoms. The zero-order valence-corrected chi connectivity index (χ0v) is 13.1. The lowest BCUT2D eigenvalue weighted by Crippen LogP contribution is -1.87. The minimum atomic E-state index is -0.470. The van der Waals surface area contributed by atoms with Crippen LogP contribution < -0.4 is 0 Å². The van der Waals surface area contributed by atoms with Gasteiger partial charge in [-0.1, -0.05) is 36.4 Å². The summed E-state index contributed by atoms with van der Waals surface area (Å²) in [6, 6.07) is 13.9. The highest BCUT2D eigenvalue weighted by Crippen LogP contribution is 2.12. The van der Waals surface area contributed by atoms with Crippen molar-refractivity contribution in [3.63, 3.8) is 0 Å². The summed E-state index contributed by atoms with van der Waals surface area (Å²) in [6.45, 7) is 0. The Bertz CT molecular complexity index is 599. The van der Waals surface area contributed by atoms with E-state index in [-0.39, 0.29) is 12.4 Å². The molecule has 0 saturated heterocycles. The lowest BCUT2D eigenvalue weighted by molar-refractivity contribution is 0.107. The van der Waals surface area contributed by atoms with Crippen LogP contribution in [0.1, 0.15) is 31.8 Å². The van der Waals surface area contributed by atoms with Gasteiger partial charge in [-0.25, -0.2) is 0 Å². The fourth-order valence-corrected chi connectivity index (χ4v) is 1.89. The van der Waals surface area contributed by atoms with E-state index in [1.807, 2.05) is 36.4 Å². The van der Waals surface area contributed by atoms with E-state index in [1.54, 1.807) is 24.3 Å². The zero-order chi connectivity index (χ0) is 14.5. The van der Waals surface area contributed by atoms with Gasteiger partial charge in [0.2, 0.25) is 0 Å². The van der Waals surface area contributed by atoms with E-state index in [1.165, 1.54) is 0 Å². The second-order valence-electron chi connectivity index (χ2n) is 4.12. The fourth-order valence-electron chi connectivity index (χ4n) is 1.64. The van der Waals surface area contributed by atoms with Gasteiger partial charge in [0.25, 0.3) is 10.5 Å². The lowest BCUT2D eigenvalue weighted by atomic mass is 10.1. The molecule has 108 valence electrons. The van der Waals surface area contributed by atoms with Crippen molar-refractivity contribution in [3.8, 4) is 0 Å². The first-order chi connectivity index (χ1) is 9.56. The van der Waals surface area contributed by atoms with Crippen LogP contribution in [0.15, 0.2) is 48.5 Å². The van der Waals surface area contributed by atoms with E-state index in [0.717, 1.165) is 11.1 Å². The number of hydrogen-bond donors (Lipinski definition) is 0. The molecule has 0 fully saturated rings. The predicted molar refractivity (Wildman–Crippen MR) is 89.4 cm³/mol. The molecule has 0 bridgehead atoms. The van der Waals surface area contributed by atoms with Crippen molar-refractivity contribution in [1.29, 1.82) is 0 Å². The molecule has 0 radical (unpaired) electrons. The molecule has 0 amide bonds. The third-order valence-corrected chi connectivity index (χ3v) is 3.18. The standard InChI is InChI=1S/C16H10Cl2O2.ClH/c17-15(19)13-7-3-11(4-8-13)1-2-12-5-9-14(10-6-12)16(18)20;/h1-10H;1H.